The molecule has 1 saturated carbocycles. The van der Waals surface area contributed by atoms with Gasteiger partial charge in [0.1, 0.15) is 0 Å². The van der Waals surface area contributed by atoms with E-state index in [9.17, 15) is 8.42 Å². The lowest BCUT2D eigenvalue weighted by Crippen LogP contribution is -2.38. The van der Waals surface area contributed by atoms with Crippen LogP contribution in [0.15, 0.2) is 0 Å². The van der Waals surface area contributed by atoms with Crippen molar-refractivity contribution in [2.45, 2.75) is 53.0 Å². The third-order valence-corrected chi connectivity index (χ3v) is 5.32. The van der Waals surface area contributed by atoms with Crippen LogP contribution < -0.4 is 10.0 Å². The Labute approximate surface area is 112 Å². The van der Waals surface area contributed by atoms with Crippen LogP contribution in [-0.2, 0) is 10.0 Å². The third-order valence-electron chi connectivity index (χ3n) is 3.91. The zero-order valence-electron chi connectivity index (χ0n) is 12.1. The fraction of sp³-hybridized carbons (Fsp3) is 1.00. The van der Waals surface area contributed by atoms with Crippen LogP contribution in [0.2, 0.25) is 0 Å². The molecule has 0 spiro atoms. The maximum absolute atomic E-state index is 11.8. The highest BCUT2D eigenvalue weighted by molar-refractivity contribution is 7.89. The molecule has 0 bridgehead atoms. The van der Waals surface area contributed by atoms with E-state index in [0.29, 0.717) is 24.9 Å². The monoisotopic (exact) mass is 276 g/mol. The summed E-state index contributed by atoms with van der Waals surface area (Å²) >= 11 is 0. The molecule has 1 aliphatic rings. The molecule has 2 N–H and O–H groups in total. The predicted octanol–water partition coefficient (Wildman–Crippen LogP) is 1.73. The first kappa shape index (κ1) is 15.9. The van der Waals surface area contributed by atoms with Crippen molar-refractivity contribution in [1.29, 1.82) is 0 Å². The Morgan fingerprint density at radius 2 is 1.89 bits per heavy atom. The van der Waals surface area contributed by atoms with Crippen LogP contribution in [-0.4, -0.2) is 33.3 Å². The fourth-order valence-corrected chi connectivity index (χ4v) is 2.69. The van der Waals surface area contributed by atoms with Gasteiger partial charge in [-0.25, -0.2) is 13.1 Å². The number of hydrogen-bond donors (Lipinski definition) is 2. The van der Waals surface area contributed by atoms with E-state index in [1.54, 1.807) is 0 Å². The van der Waals surface area contributed by atoms with Gasteiger partial charge in [-0.2, -0.15) is 0 Å². The van der Waals surface area contributed by atoms with E-state index in [2.05, 4.69) is 37.7 Å². The van der Waals surface area contributed by atoms with Crippen LogP contribution in [0, 0.1) is 11.3 Å². The van der Waals surface area contributed by atoms with Gasteiger partial charge in [-0.1, -0.05) is 27.7 Å². The predicted molar refractivity (Wildman–Crippen MR) is 76.1 cm³/mol. The van der Waals surface area contributed by atoms with Crippen LogP contribution >= 0.6 is 0 Å². The number of nitrogens with one attached hydrogen (secondary N) is 2. The summed E-state index contributed by atoms with van der Waals surface area (Å²) in [7, 11) is -3.12. The van der Waals surface area contributed by atoms with Crippen molar-refractivity contribution in [1.82, 2.24) is 10.0 Å². The Hall–Kier alpha value is -0.130. The van der Waals surface area contributed by atoms with Crippen LogP contribution in [0.4, 0.5) is 0 Å². The summed E-state index contributed by atoms with van der Waals surface area (Å²) in [5.74, 6) is 0.678. The molecule has 1 aliphatic carbocycles. The smallest absolute Gasteiger partial charge is 0.211 e. The minimum absolute atomic E-state index is 0.000662. The van der Waals surface area contributed by atoms with E-state index in [4.69, 9.17) is 0 Å². The Morgan fingerprint density at radius 3 is 2.39 bits per heavy atom. The highest BCUT2D eigenvalue weighted by atomic mass is 32.2. The Balaban J connectivity index is 2.21. The molecule has 0 aliphatic heterocycles. The van der Waals surface area contributed by atoms with E-state index in [0.717, 1.165) is 6.54 Å². The molecule has 108 valence electrons. The first-order valence-corrected chi connectivity index (χ1v) is 8.59. The van der Waals surface area contributed by atoms with Gasteiger partial charge in [0.05, 0.1) is 5.75 Å². The molecule has 0 radical (unpaired) electrons. The molecule has 0 aromatic rings. The summed E-state index contributed by atoms with van der Waals surface area (Å²) in [6.45, 7) is 9.74. The normalized spacial score (nSPS) is 17.4. The zero-order valence-corrected chi connectivity index (χ0v) is 12.9. The second-order valence-electron chi connectivity index (χ2n) is 6.37. The van der Waals surface area contributed by atoms with Gasteiger partial charge in [0.25, 0.3) is 0 Å². The molecule has 0 atom stereocenters. The molecule has 0 aromatic carbocycles. The van der Waals surface area contributed by atoms with Crippen LogP contribution in [0.3, 0.4) is 0 Å². The van der Waals surface area contributed by atoms with E-state index in [1.165, 1.54) is 12.8 Å². The van der Waals surface area contributed by atoms with Gasteiger partial charge in [0.2, 0.25) is 10.0 Å². The maximum Gasteiger partial charge on any atom is 0.211 e. The van der Waals surface area contributed by atoms with Crippen molar-refractivity contribution >= 4 is 10.0 Å². The summed E-state index contributed by atoms with van der Waals surface area (Å²) in [4.78, 5) is 0. The second kappa shape index (κ2) is 6.35. The van der Waals surface area contributed by atoms with Gasteiger partial charge < -0.3 is 5.32 Å². The highest BCUT2D eigenvalue weighted by Crippen LogP contribution is 2.24. The van der Waals surface area contributed by atoms with Gasteiger partial charge in [0, 0.05) is 12.6 Å². The lowest BCUT2D eigenvalue weighted by Gasteiger charge is -2.29. The number of rotatable bonds is 9. The molecule has 1 rings (SSSR count). The first-order valence-electron chi connectivity index (χ1n) is 6.94. The lowest BCUT2D eigenvalue weighted by atomic mass is 9.81. The van der Waals surface area contributed by atoms with Crippen molar-refractivity contribution < 1.29 is 8.42 Å². The summed E-state index contributed by atoms with van der Waals surface area (Å²) in [5.41, 5.74) is -0.000662. The minimum Gasteiger partial charge on any atom is -0.314 e. The van der Waals surface area contributed by atoms with Crippen molar-refractivity contribution in [2.24, 2.45) is 11.3 Å². The molecule has 4 nitrogen and oxygen atoms in total. The molecular formula is C13H28N2O2S. The highest BCUT2D eigenvalue weighted by Gasteiger charge is 2.24. The Kier molecular flexibility index (Phi) is 5.62. The van der Waals surface area contributed by atoms with Crippen molar-refractivity contribution in [3.05, 3.63) is 0 Å². The van der Waals surface area contributed by atoms with Crippen LogP contribution in [0.5, 0.6) is 0 Å². The topological polar surface area (TPSA) is 58.2 Å². The third kappa shape index (κ3) is 6.16. The molecule has 1 fully saturated rings. The standard InChI is InChI=1S/C13H28N2O2S/c1-11(2)13(3,4)10-15-18(16,17)9-5-8-14-12-6-7-12/h11-12,14-15H,5-10H2,1-4H3. The van der Waals surface area contributed by atoms with Crippen molar-refractivity contribution in [2.75, 3.05) is 18.8 Å². The largest absolute Gasteiger partial charge is 0.314 e. The molecular weight excluding hydrogens is 248 g/mol. The van der Waals surface area contributed by atoms with Gasteiger partial charge in [0.15, 0.2) is 0 Å². The fourth-order valence-electron chi connectivity index (χ4n) is 1.43. The molecule has 0 heterocycles. The summed E-state index contributed by atoms with van der Waals surface area (Å²) in [6, 6.07) is 0.653. The van der Waals surface area contributed by atoms with Gasteiger partial charge in [-0.3, -0.25) is 0 Å². The first-order chi connectivity index (χ1) is 8.23. The van der Waals surface area contributed by atoms with Crippen LogP contribution in [0.25, 0.3) is 0 Å². The van der Waals surface area contributed by atoms with Gasteiger partial charge >= 0.3 is 0 Å². The van der Waals surface area contributed by atoms with E-state index in [-0.39, 0.29) is 11.2 Å². The molecule has 0 amide bonds. The Bertz CT molecular complexity index is 346. The van der Waals surface area contributed by atoms with Gasteiger partial charge in [-0.15, -0.1) is 0 Å². The zero-order chi connectivity index (χ0) is 13.8. The summed E-state index contributed by atoms with van der Waals surface area (Å²) < 4.78 is 26.4. The van der Waals surface area contributed by atoms with E-state index >= 15 is 0 Å². The second-order valence-corrected chi connectivity index (χ2v) is 8.29. The molecule has 5 heteroatoms. The quantitative estimate of drug-likeness (QED) is 0.631. The number of sulfonamides is 1. The van der Waals surface area contributed by atoms with Crippen molar-refractivity contribution in [3.63, 3.8) is 0 Å². The van der Waals surface area contributed by atoms with Crippen LogP contribution in [0.1, 0.15) is 47.0 Å². The Morgan fingerprint density at radius 1 is 1.28 bits per heavy atom. The van der Waals surface area contributed by atoms with Gasteiger partial charge in [-0.05, 0) is 37.1 Å². The molecule has 0 unspecified atom stereocenters. The number of hydrogen-bond acceptors (Lipinski definition) is 3. The average Bonchev–Trinajstić information content (AvgIpc) is 3.06. The van der Waals surface area contributed by atoms with Crippen molar-refractivity contribution in [3.8, 4) is 0 Å². The summed E-state index contributed by atoms with van der Waals surface area (Å²) in [6.07, 6.45) is 3.18. The molecule has 0 saturated heterocycles. The molecule has 18 heavy (non-hydrogen) atoms. The summed E-state index contributed by atoms with van der Waals surface area (Å²) in [5, 5.41) is 3.33. The minimum atomic E-state index is -3.12. The average molecular weight is 276 g/mol. The van der Waals surface area contributed by atoms with E-state index in [1.807, 2.05) is 0 Å². The molecule has 0 aromatic heterocycles. The van der Waals surface area contributed by atoms with E-state index < -0.39 is 10.0 Å². The lowest BCUT2D eigenvalue weighted by molar-refractivity contribution is 0.252. The SMILES string of the molecule is CC(C)C(C)(C)CNS(=O)(=O)CCCNC1CC1. The maximum atomic E-state index is 11.8.